The number of nitrogen functional groups attached to an aromatic ring is 2. The van der Waals surface area contributed by atoms with Gasteiger partial charge in [-0.2, -0.15) is 0 Å². The number of nitrogens with zero attached hydrogens (tertiary/aromatic N) is 9. The number of carbonyl (C=O) groups excluding carboxylic acids is 3. The quantitative estimate of drug-likeness (QED) is 0.0105. The van der Waals surface area contributed by atoms with Crippen molar-refractivity contribution in [3.8, 4) is 17.5 Å². The first-order chi connectivity index (χ1) is 56.1. The monoisotopic (exact) mass is 1730 g/mol. The smallest absolute Gasteiger partial charge is 0.410 e. The standard InChI is InChI=1S/C32H40N4O2.C19H28N5OP.C13H15BrN2.C10H19NO4.C7H12O3.C6H11NO3.CH5NO.CH4/c1-21-13-28(33-31(15-21)35-23(3)7-8-24(35)4)19-37-18-27-11-12-30(17-27)38-20-29-14-22(2)16-32(34-29)36-25(5)9-10-26(36)6;1-12-3-14(23-18(20)5-12)9-25-17-7-15(22-8-17)10-26-11-16-4-13(2)6-19(21)24-16;1-9-6-12(8-14)15-13(7-9)16-10(2)4-5-11(16)3;1-10(2,3)15-9(14)11-5-8(13)4-7(11)6-12;1-10-7(9)5-2-3-6(8)4-5;1-10-6(9)5-2-4(8)3-7-5;1-2-3;/h7-10,13-16,27,30H,11-12,17-20H2,1-6H3;3-6,15,17,22,26H,7-11H2,1-2H3,(H2,20,23)(H2,21,24);4-7H,8H2,1-3H3;7-8,12-13H,4-6H2,1-3H3;5-6,8H,2-4H2,1H3;4-5,7-8H,2-3H2,1H3;2-3H,1H3;1H4/t27-,30-;15-,17+;;7-,8+;5-,6-;4-,5+;;/m00.001../s1. The van der Waals surface area contributed by atoms with E-state index < -0.39 is 23.9 Å². The summed E-state index contributed by atoms with van der Waals surface area (Å²) < 4.78 is 39.2. The van der Waals surface area contributed by atoms with Gasteiger partial charge in [-0.05, 0) is 285 Å². The summed E-state index contributed by atoms with van der Waals surface area (Å²) >= 11 is 3.45. The van der Waals surface area contributed by atoms with Crippen molar-refractivity contribution in [2.24, 2.45) is 11.8 Å². The molecule has 12 N–H and O–H groups in total. The number of pyridine rings is 5. The molecule has 0 radical (unpaired) electrons. The molecule has 11 heterocycles. The number of ether oxygens (including phenoxy) is 6. The predicted molar refractivity (Wildman–Crippen MR) is 472 cm³/mol. The Balaban J connectivity index is 0.000000236. The van der Waals surface area contributed by atoms with Gasteiger partial charge in [-0.1, -0.05) is 23.4 Å². The molecular formula is C89H134BrN14O14P. The number of hydrogen-bond donors (Lipinski definition) is 10. The Bertz CT molecular complexity index is 4350. The number of anilines is 2. The van der Waals surface area contributed by atoms with Crippen LogP contribution in [0.2, 0.25) is 0 Å². The van der Waals surface area contributed by atoms with Crippen molar-refractivity contribution < 1.29 is 68.4 Å². The van der Waals surface area contributed by atoms with Crippen LogP contribution in [0.3, 0.4) is 0 Å². The maximum atomic E-state index is 11.7. The van der Waals surface area contributed by atoms with Crippen molar-refractivity contribution >= 4 is 54.2 Å². The minimum absolute atomic E-state index is 0. The molecule has 8 aromatic rings. The van der Waals surface area contributed by atoms with Crippen molar-refractivity contribution in [3.63, 3.8) is 0 Å². The minimum Gasteiger partial charge on any atom is -0.469 e. The van der Waals surface area contributed by atoms with E-state index in [1.165, 1.54) is 82.6 Å². The zero-order valence-electron chi connectivity index (χ0n) is 72.1. The van der Waals surface area contributed by atoms with E-state index in [9.17, 15) is 19.5 Å². The summed E-state index contributed by atoms with van der Waals surface area (Å²) in [5.74, 6) is 4.09. The van der Waals surface area contributed by atoms with Crippen molar-refractivity contribution in [3.05, 3.63) is 188 Å². The molecule has 119 heavy (non-hydrogen) atoms. The minimum atomic E-state index is -0.560. The van der Waals surface area contributed by atoms with E-state index in [4.69, 9.17) is 60.9 Å². The molecule has 8 aromatic heterocycles. The number of aliphatic hydroxyl groups is 4. The lowest BCUT2D eigenvalue weighted by Gasteiger charge is -2.27. The van der Waals surface area contributed by atoms with Gasteiger partial charge in [0.2, 0.25) is 0 Å². The van der Waals surface area contributed by atoms with E-state index in [0.717, 1.165) is 129 Å². The van der Waals surface area contributed by atoms with Crippen LogP contribution < -0.4 is 27.6 Å². The van der Waals surface area contributed by atoms with E-state index in [2.05, 4.69) is 213 Å². The van der Waals surface area contributed by atoms with Crippen LogP contribution >= 0.6 is 24.5 Å². The molecule has 2 saturated carbocycles. The number of nitrogens with one attached hydrogen (secondary N) is 3. The fraction of sp³-hybridized carbons (Fsp3) is 0.551. The average molecular weight is 1740 g/mol. The van der Waals surface area contributed by atoms with E-state index in [1.54, 1.807) is 26.3 Å². The van der Waals surface area contributed by atoms with E-state index in [0.29, 0.717) is 69.2 Å². The largest absolute Gasteiger partial charge is 0.469 e. The number of hydrogen-bond acceptors (Lipinski definition) is 24. The van der Waals surface area contributed by atoms with Crippen LogP contribution in [0.15, 0.2) is 97.1 Å². The summed E-state index contributed by atoms with van der Waals surface area (Å²) in [6, 6.07) is 33.3. The van der Waals surface area contributed by atoms with Crippen LogP contribution in [0.4, 0.5) is 16.4 Å². The van der Waals surface area contributed by atoms with Crippen LogP contribution in [-0.4, -0.2) is 202 Å². The number of amides is 1. The number of hydroxylamine groups is 1. The van der Waals surface area contributed by atoms with Crippen molar-refractivity contribution in [1.82, 2.24) is 59.6 Å². The first-order valence-electron chi connectivity index (χ1n) is 40.6. The molecule has 28 nitrogen and oxygen atoms in total. The maximum Gasteiger partial charge on any atom is 0.410 e. The Morgan fingerprint density at radius 2 is 1.02 bits per heavy atom. The number of methoxy groups -OCH3 is 2. The van der Waals surface area contributed by atoms with Crippen molar-refractivity contribution in [2.75, 3.05) is 71.7 Å². The molecule has 0 bridgehead atoms. The second-order valence-corrected chi connectivity index (χ2v) is 34.1. The Labute approximate surface area is 714 Å². The van der Waals surface area contributed by atoms with Crippen molar-refractivity contribution in [1.29, 1.82) is 0 Å². The van der Waals surface area contributed by atoms with Gasteiger partial charge in [-0.25, -0.2) is 35.2 Å². The summed E-state index contributed by atoms with van der Waals surface area (Å²) in [5, 5.41) is 50.9. The van der Waals surface area contributed by atoms with Crippen LogP contribution in [-0.2, 0) is 69.3 Å². The SMILES string of the molecule is C.CC(C)(C)OC(=O)N1C[C@H](O)C[C@H]1CO.CNO.COC(=O)[C@@H]1C[C@@H](O)CN1.COC(=O)[C@H]1CC[C@H](O)C1.Cc1cc(CBr)nc(-n2c(C)ccc2C)c1.Cc1cc(COC[C@H]2CC[C@H](OCc3cc(C)cc(-n4c(C)ccc4C)n3)C2)nc(-n2c(C)ccc2C)c1.Cc1cc(N)nc(CO[C@H]2CN[C@H](CPCc3cc(C)cc(N)n3)C2)c1. The topological polar surface area (TPSA) is 378 Å². The third-order valence-electron chi connectivity index (χ3n) is 20.4. The number of β-amino-alcohol motifs (C(OH)–C–C–N with tert-alkyl or cyclic N) is 2. The highest BCUT2D eigenvalue weighted by Gasteiger charge is 2.37. The fourth-order valence-electron chi connectivity index (χ4n) is 15.0. The number of likely N-dealkylation sites (tertiary alicyclic amines) is 1. The zero-order chi connectivity index (χ0) is 86.5. The lowest BCUT2D eigenvalue weighted by Crippen LogP contribution is -2.41. The second kappa shape index (κ2) is 49.1. The van der Waals surface area contributed by atoms with Gasteiger partial charge in [-0.3, -0.25) is 9.59 Å². The average Bonchev–Trinajstić information content (AvgIpc) is 1.74. The number of halogens is 1. The van der Waals surface area contributed by atoms with E-state index in [1.807, 2.05) is 25.1 Å². The van der Waals surface area contributed by atoms with Crippen molar-refractivity contribution in [2.45, 2.75) is 248 Å². The Kier molecular flexibility index (Phi) is 41.1. The Hall–Kier alpha value is -8.13. The number of aromatic nitrogens is 8. The second-order valence-electron chi connectivity index (χ2n) is 32.3. The van der Waals surface area contributed by atoms with E-state index in [-0.39, 0.29) is 68.8 Å². The third-order valence-corrected chi connectivity index (χ3v) is 22.4. The fourth-order valence-corrected chi connectivity index (χ4v) is 16.5. The molecule has 11 atom stereocenters. The molecule has 0 aromatic carbocycles. The third kappa shape index (κ3) is 32.7. The maximum absolute atomic E-state index is 11.7. The highest BCUT2D eigenvalue weighted by atomic mass is 79.9. The molecule has 3 aliphatic heterocycles. The predicted octanol–water partition coefficient (Wildman–Crippen LogP) is 12.7. The van der Waals surface area contributed by atoms with E-state index >= 15 is 0 Å². The summed E-state index contributed by atoms with van der Waals surface area (Å²) in [7, 11) is 4.99. The first kappa shape index (κ1) is 99.7. The van der Waals surface area contributed by atoms with Crippen LogP contribution in [0.25, 0.3) is 17.5 Å². The number of rotatable bonds is 21. The molecule has 656 valence electrons. The highest BCUT2D eigenvalue weighted by molar-refractivity contribution is 9.08. The molecule has 1 amide bonds. The number of aryl methyl sites for hydroxylation is 11. The number of alkyl halides is 1. The van der Waals surface area contributed by atoms with Gasteiger partial charge in [0.15, 0.2) is 0 Å². The van der Waals surface area contributed by atoms with Crippen LogP contribution in [0.5, 0.6) is 0 Å². The van der Waals surface area contributed by atoms with Gasteiger partial charge in [0, 0.05) is 83.9 Å². The van der Waals surface area contributed by atoms with Gasteiger partial charge in [0.25, 0.3) is 0 Å². The van der Waals surface area contributed by atoms with Gasteiger partial charge >= 0.3 is 18.0 Å². The zero-order valence-corrected chi connectivity index (χ0v) is 74.7. The summed E-state index contributed by atoms with van der Waals surface area (Å²) in [4.78, 5) is 57.8. The molecule has 3 saturated heterocycles. The summed E-state index contributed by atoms with van der Waals surface area (Å²) in [6.45, 7) is 32.2. The molecule has 0 spiro atoms. The van der Waals surface area contributed by atoms with Crippen LogP contribution in [0, 0.1) is 88.0 Å². The molecule has 2 aliphatic carbocycles. The lowest BCUT2D eigenvalue weighted by molar-refractivity contribution is -0.145. The molecule has 5 fully saturated rings. The summed E-state index contributed by atoms with van der Waals surface area (Å²) in [5.41, 5.74) is 31.0. The van der Waals surface area contributed by atoms with Crippen LogP contribution in [0.1, 0.15) is 176 Å². The van der Waals surface area contributed by atoms with Gasteiger partial charge < -0.3 is 94.8 Å². The molecule has 30 heteroatoms. The first-order valence-corrected chi connectivity index (χ1v) is 43.1. The van der Waals surface area contributed by atoms with Gasteiger partial charge in [0.1, 0.15) is 40.7 Å². The number of carbonyl (C=O) groups is 3. The number of esters is 2. The normalized spacial score (nSPS) is 20.4. The highest BCUT2D eigenvalue weighted by Crippen LogP contribution is 2.32. The number of nitrogens with two attached hydrogens (primary N) is 2. The van der Waals surface area contributed by atoms with Gasteiger partial charge in [-0.15, -0.1) is 8.58 Å². The summed E-state index contributed by atoms with van der Waals surface area (Å²) in [6.07, 6.45) is 8.14. The molecular weight excluding hydrogens is 1600 g/mol. The molecule has 5 aliphatic rings. The molecule has 1 unspecified atom stereocenters. The lowest BCUT2D eigenvalue weighted by atomic mass is 10.1. The molecule has 13 rings (SSSR count). The Morgan fingerprint density at radius 3 is 1.47 bits per heavy atom. The van der Waals surface area contributed by atoms with Gasteiger partial charge in [0.05, 0.1) is 119 Å². The Morgan fingerprint density at radius 1 is 0.555 bits per heavy atom. The number of aliphatic hydroxyl groups excluding tert-OH is 4.